The fourth-order valence-corrected chi connectivity index (χ4v) is 3.27. The van der Waals surface area contributed by atoms with Gasteiger partial charge in [-0.1, -0.05) is 29.8 Å². The molecule has 2 aliphatic rings. The average Bonchev–Trinajstić information content (AvgIpc) is 2.98. The van der Waals surface area contributed by atoms with Gasteiger partial charge >= 0.3 is 0 Å². The molecule has 4 heteroatoms. The number of amides is 2. The summed E-state index contributed by atoms with van der Waals surface area (Å²) in [6.07, 6.45) is 6.48. The molecule has 0 aromatic heterocycles. The van der Waals surface area contributed by atoms with E-state index in [0.29, 0.717) is 13.0 Å². The van der Waals surface area contributed by atoms with Crippen LogP contribution in [0.25, 0.3) is 0 Å². The molecule has 0 bridgehead atoms. The summed E-state index contributed by atoms with van der Waals surface area (Å²) in [6.45, 7) is 0.546. The first-order valence-electron chi connectivity index (χ1n) is 7.42. The van der Waals surface area contributed by atoms with E-state index in [2.05, 4.69) is 12.1 Å². The molecule has 1 unspecified atom stereocenters. The quantitative estimate of drug-likeness (QED) is 0.861. The number of carbonyl (C=O) groups excluding carboxylic acids is 2. The number of rotatable bonds is 3. The second-order valence-corrected chi connectivity index (χ2v) is 5.70. The van der Waals surface area contributed by atoms with Crippen molar-refractivity contribution in [1.82, 2.24) is 4.90 Å². The fraction of sp³-hybridized carbons (Fsp3) is 0.412. The summed E-state index contributed by atoms with van der Waals surface area (Å²) in [5.74, 6) is -0.457. The molecule has 1 aliphatic carbocycles. The zero-order valence-corrected chi connectivity index (χ0v) is 12.0. The number of hydrogen-bond donors (Lipinski definition) is 1. The zero-order valence-electron chi connectivity index (χ0n) is 12.0. The molecule has 1 aromatic carbocycles. The smallest absolute Gasteiger partial charge is 0.244 e. The Kier molecular flexibility index (Phi) is 3.78. The third-order valence-corrected chi connectivity index (χ3v) is 4.32. The molecule has 1 aliphatic heterocycles. The highest BCUT2D eigenvalue weighted by Crippen LogP contribution is 2.31. The number of nitrogens with zero attached hydrogens (tertiary/aromatic N) is 1. The van der Waals surface area contributed by atoms with Crippen molar-refractivity contribution >= 4 is 11.8 Å². The Bertz CT molecular complexity index is 607. The van der Waals surface area contributed by atoms with E-state index in [1.807, 2.05) is 12.1 Å². The van der Waals surface area contributed by atoms with Gasteiger partial charge in [0.2, 0.25) is 11.8 Å². The van der Waals surface area contributed by atoms with Crippen LogP contribution in [0.3, 0.4) is 0 Å². The van der Waals surface area contributed by atoms with Crippen LogP contribution in [0.15, 0.2) is 29.8 Å². The lowest BCUT2D eigenvalue weighted by atomic mass is 9.91. The summed E-state index contributed by atoms with van der Waals surface area (Å²) in [4.78, 5) is 26.1. The van der Waals surface area contributed by atoms with Crippen LogP contribution < -0.4 is 5.73 Å². The number of nitrogens with two attached hydrogens (primary N) is 1. The molecular formula is C17H19N2O2. The zero-order chi connectivity index (χ0) is 14.8. The topological polar surface area (TPSA) is 63.4 Å². The van der Waals surface area contributed by atoms with E-state index in [4.69, 9.17) is 5.73 Å². The van der Waals surface area contributed by atoms with Gasteiger partial charge in [-0.15, -0.1) is 0 Å². The summed E-state index contributed by atoms with van der Waals surface area (Å²) >= 11 is 0. The monoisotopic (exact) mass is 283 g/mol. The molecule has 1 radical (unpaired) electrons. The highest BCUT2D eigenvalue weighted by atomic mass is 16.2. The van der Waals surface area contributed by atoms with Gasteiger partial charge in [0.1, 0.15) is 6.04 Å². The minimum atomic E-state index is -0.641. The molecule has 0 saturated heterocycles. The average molecular weight is 283 g/mol. The lowest BCUT2D eigenvalue weighted by Gasteiger charge is -2.35. The van der Waals surface area contributed by atoms with Gasteiger partial charge in [0, 0.05) is 13.0 Å². The third kappa shape index (κ3) is 2.71. The predicted molar refractivity (Wildman–Crippen MR) is 79.2 cm³/mol. The van der Waals surface area contributed by atoms with Crippen LogP contribution in [0.5, 0.6) is 0 Å². The Morgan fingerprint density at radius 2 is 2.24 bits per heavy atom. The summed E-state index contributed by atoms with van der Waals surface area (Å²) in [5.41, 5.74) is 8.66. The Morgan fingerprint density at radius 1 is 1.38 bits per heavy atom. The molecular weight excluding hydrogens is 264 g/mol. The van der Waals surface area contributed by atoms with E-state index in [-0.39, 0.29) is 5.91 Å². The van der Waals surface area contributed by atoms with Gasteiger partial charge in [-0.05, 0) is 42.9 Å². The van der Waals surface area contributed by atoms with Gasteiger partial charge in [0.15, 0.2) is 0 Å². The van der Waals surface area contributed by atoms with Crippen LogP contribution in [-0.4, -0.2) is 23.3 Å². The minimum Gasteiger partial charge on any atom is -0.368 e. The van der Waals surface area contributed by atoms with E-state index >= 15 is 0 Å². The normalized spacial score (nSPS) is 20.9. The first kappa shape index (κ1) is 13.9. The molecule has 21 heavy (non-hydrogen) atoms. The van der Waals surface area contributed by atoms with Crippen molar-refractivity contribution in [3.8, 4) is 0 Å². The number of hydrogen-bond acceptors (Lipinski definition) is 2. The third-order valence-electron chi connectivity index (χ3n) is 4.32. The molecule has 2 N–H and O–H groups in total. The molecule has 0 spiro atoms. The van der Waals surface area contributed by atoms with Crippen LogP contribution in [0.1, 0.15) is 42.9 Å². The van der Waals surface area contributed by atoms with E-state index < -0.39 is 11.9 Å². The van der Waals surface area contributed by atoms with Crippen molar-refractivity contribution in [2.45, 2.75) is 38.1 Å². The largest absolute Gasteiger partial charge is 0.368 e. The minimum absolute atomic E-state index is 0.00503. The number of allylic oxidation sites excluding steroid dienone is 1. The van der Waals surface area contributed by atoms with Crippen LogP contribution in [0.4, 0.5) is 0 Å². The van der Waals surface area contributed by atoms with Gasteiger partial charge in [-0.3, -0.25) is 9.59 Å². The summed E-state index contributed by atoms with van der Waals surface area (Å²) in [7, 11) is 0. The maximum atomic E-state index is 12.5. The molecule has 3 rings (SSSR count). The molecule has 4 nitrogen and oxygen atoms in total. The summed E-state index contributed by atoms with van der Waals surface area (Å²) < 4.78 is 0. The van der Waals surface area contributed by atoms with Crippen LogP contribution in [-0.2, 0) is 16.0 Å². The van der Waals surface area contributed by atoms with Gasteiger partial charge in [0.05, 0.1) is 0 Å². The maximum Gasteiger partial charge on any atom is 0.244 e. The first-order valence-corrected chi connectivity index (χ1v) is 7.42. The molecule has 109 valence electrons. The highest BCUT2D eigenvalue weighted by Gasteiger charge is 2.34. The summed E-state index contributed by atoms with van der Waals surface area (Å²) in [6, 6.07) is 7.87. The Hall–Kier alpha value is -2.10. The second kappa shape index (κ2) is 5.72. The maximum absolute atomic E-state index is 12.5. The van der Waals surface area contributed by atoms with Gasteiger partial charge in [-0.25, -0.2) is 0 Å². The first-order chi connectivity index (χ1) is 10.2. The van der Waals surface area contributed by atoms with Gasteiger partial charge < -0.3 is 10.6 Å². The number of primary amides is 1. The van der Waals surface area contributed by atoms with Crippen LogP contribution in [0.2, 0.25) is 0 Å². The second-order valence-electron chi connectivity index (χ2n) is 5.70. The standard InChI is InChI=1S/C17H19N2O2/c18-17(21)16-14-8-4-3-7-13(14)9-10-19(16)15(20)11-12-5-1-2-6-12/h4-5,7-8,16H,1-2,6,9-11H2,(H2,18,21). The van der Waals surface area contributed by atoms with E-state index in [0.717, 1.165) is 36.8 Å². The van der Waals surface area contributed by atoms with E-state index in [1.165, 1.54) is 5.57 Å². The van der Waals surface area contributed by atoms with Crippen molar-refractivity contribution in [3.63, 3.8) is 0 Å². The Labute approximate surface area is 124 Å². The fourth-order valence-electron chi connectivity index (χ4n) is 3.27. The Balaban J connectivity index is 1.85. The molecule has 0 fully saturated rings. The van der Waals surface area contributed by atoms with Crippen molar-refractivity contribution in [1.29, 1.82) is 0 Å². The number of fused-ring (bicyclic) bond motifs is 1. The SMILES string of the molecule is NC(=O)C1c2cc[c]cc2CCN1C(=O)CC1=CCCC1. The lowest BCUT2D eigenvalue weighted by molar-refractivity contribution is -0.139. The van der Waals surface area contributed by atoms with Crippen molar-refractivity contribution in [2.24, 2.45) is 5.73 Å². The van der Waals surface area contributed by atoms with E-state index in [1.54, 1.807) is 11.0 Å². The highest BCUT2D eigenvalue weighted by molar-refractivity contribution is 5.89. The van der Waals surface area contributed by atoms with Gasteiger partial charge in [-0.2, -0.15) is 0 Å². The lowest BCUT2D eigenvalue weighted by Crippen LogP contribution is -2.45. The molecule has 1 aromatic rings. The molecule has 1 atom stereocenters. The summed E-state index contributed by atoms with van der Waals surface area (Å²) in [5, 5.41) is 0. The van der Waals surface area contributed by atoms with Crippen LogP contribution in [0, 0.1) is 6.07 Å². The van der Waals surface area contributed by atoms with Gasteiger partial charge in [0.25, 0.3) is 0 Å². The van der Waals surface area contributed by atoms with Crippen molar-refractivity contribution in [3.05, 3.63) is 47.0 Å². The van der Waals surface area contributed by atoms with Crippen LogP contribution >= 0.6 is 0 Å². The van der Waals surface area contributed by atoms with Crippen molar-refractivity contribution in [2.75, 3.05) is 6.54 Å². The molecule has 1 heterocycles. The number of benzene rings is 1. The molecule has 2 amide bonds. The van der Waals surface area contributed by atoms with E-state index in [9.17, 15) is 9.59 Å². The van der Waals surface area contributed by atoms with Crippen molar-refractivity contribution < 1.29 is 9.59 Å². The predicted octanol–water partition coefficient (Wildman–Crippen LogP) is 1.90. The number of carbonyl (C=O) groups is 2. The Morgan fingerprint density at radius 3 is 2.95 bits per heavy atom. The molecule has 0 saturated carbocycles.